The quantitative estimate of drug-likeness (QED) is 0.569. The van der Waals surface area contributed by atoms with E-state index in [1.54, 1.807) is 0 Å². The first-order valence-electron chi connectivity index (χ1n) is 6.89. The number of benzene rings is 2. The minimum Gasteiger partial charge on any atom is -0.330 e. The summed E-state index contributed by atoms with van der Waals surface area (Å²) in [7, 11) is 0. The van der Waals surface area contributed by atoms with Gasteiger partial charge >= 0.3 is 0 Å². The van der Waals surface area contributed by atoms with E-state index in [4.69, 9.17) is 5.73 Å². The summed E-state index contributed by atoms with van der Waals surface area (Å²) in [5, 5.41) is 0. The van der Waals surface area contributed by atoms with E-state index in [9.17, 15) is 0 Å². The molecule has 2 N–H and O–H groups in total. The minimum absolute atomic E-state index is 0.565. The average Bonchev–Trinajstić information content (AvgIpc) is 2.46. The van der Waals surface area contributed by atoms with Gasteiger partial charge in [0.05, 0.1) is 0 Å². The molecule has 0 aromatic heterocycles. The van der Waals surface area contributed by atoms with Crippen LogP contribution in [0.2, 0.25) is 0 Å². The van der Waals surface area contributed by atoms with Crippen LogP contribution in [0, 0.1) is 7.14 Å². The molecule has 0 spiro atoms. The summed E-state index contributed by atoms with van der Waals surface area (Å²) in [6.45, 7) is 0.771. The third-order valence-corrected chi connectivity index (χ3v) is 4.93. The molecule has 0 aliphatic carbocycles. The normalized spacial score (nSPS) is 12.3. The molecule has 0 aliphatic heterocycles. The van der Waals surface area contributed by atoms with Crippen molar-refractivity contribution in [1.29, 1.82) is 0 Å². The molecule has 106 valence electrons. The van der Waals surface area contributed by atoms with Gasteiger partial charge in [-0.05, 0) is 112 Å². The summed E-state index contributed by atoms with van der Waals surface area (Å²) in [6.07, 6.45) is 3.33. The zero-order valence-corrected chi connectivity index (χ0v) is 15.7. The lowest BCUT2D eigenvalue weighted by Gasteiger charge is -2.17. The predicted octanol–water partition coefficient (Wildman–Crippen LogP) is 4.96. The molecular weight excluding hydrogens is 472 g/mol. The summed E-state index contributed by atoms with van der Waals surface area (Å²) in [5.74, 6) is 0.565. The Morgan fingerprint density at radius 3 is 1.95 bits per heavy atom. The van der Waals surface area contributed by atoms with Crippen LogP contribution in [-0.2, 0) is 6.42 Å². The highest BCUT2D eigenvalue weighted by Crippen LogP contribution is 2.26. The molecule has 3 heteroatoms. The highest BCUT2D eigenvalue weighted by molar-refractivity contribution is 14.1. The van der Waals surface area contributed by atoms with Gasteiger partial charge in [-0.3, -0.25) is 0 Å². The number of nitrogens with two attached hydrogens (primary N) is 1. The molecular formula is C17H19I2N. The Morgan fingerprint density at radius 1 is 0.850 bits per heavy atom. The molecule has 0 saturated carbocycles. The van der Waals surface area contributed by atoms with Crippen LogP contribution in [0.1, 0.15) is 29.9 Å². The first-order chi connectivity index (χ1) is 9.69. The van der Waals surface area contributed by atoms with Gasteiger partial charge in [-0.1, -0.05) is 24.3 Å². The van der Waals surface area contributed by atoms with Crippen LogP contribution in [0.15, 0.2) is 48.5 Å². The lowest BCUT2D eigenvalue weighted by atomic mass is 9.88. The number of rotatable bonds is 6. The topological polar surface area (TPSA) is 26.0 Å². The third kappa shape index (κ3) is 5.00. The second-order valence-corrected chi connectivity index (χ2v) is 7.50. The molecule has 0 heterocycles. The zero-order valence-electron chi connectivity index (χ0n) is 11.4. The minimum atomic E-state index is 0.565. The Morgan fingerprint density at radius 2 is 1.40 bits per heavy atom. The molecule has 0 amide bonds. The van der Waals surface area contributed by atoms with Crippen molar-refractivity contribution in [3.05, 3.63) is 66.8 Å². The van der Waals surface area contributed by atoms with Gasteiger partial charge in [0.1, 0.15) is 0 Å². The zero-order chi connectivity index (χ0) is 14.4. The van der Waals surface area contributed by atoms with E-state index in [1.807, 2.05) is 0 Å². The fourth-order valence-electron chi connectivity index (χ4n) is 2.39. The fourth-order valence-corrected chi connectivity index (χ4v) is 3.11. The molecule has 0 saturated heterocycles. The summed E-state index contributed by atoms with van der Waals surface area (Å²) in [4.78, 5) is 0. The highest BCUT2D eigenvalue weighted by atomic mass is 127. The van der Waals surface area contributed by atoms with Crippen LogP contribution in [0.4, 0.5) is 0 Å². The van der Waals surface area contributed by atoms with Crippen molar-refractivity contribution in [2.75, 3.05) is 6.54 Å². The van der Waals surface area contributed by atoms with Gasteiger partial charge in [0.25, 0.3) is 0 Å². The summed E-state index contributed by atoms with van der Waals surface area (Å²) >= 11 is 4.71. The molecule has 0 radical (unpaired) electrons. The standard InChI is InChI=1S/C17H19I2N/c18-16-7-3-13(4-8-16)12-15(2-1-11-20)14-5-9-17(19)10-6-14/h3-10,15H,1-2,11-12,20H2. The van der Waals surface area contributed by atoms with E-state index in [0.717, 1.165) is 25.8 Å². The van der Waals surface area contributed by atoms with Crippen molar-refractivity contribution in [2.45, 2.75) is 25.2 Å². The Balaban J connectivity index is 2.14. The van der Waals surface area contributed by atoms with E-state index in [2.05, 4.69) is 93.7 Å². The van der Waals surface area contributed by atoms with Gasteiger partial charge in [-0.2, -0.15) is 0 Å². The number of hydrogen-bond donors (Lipinski definition) is 1. The SMILES string of the molecule is NCCCC(Cc1ccc(I)cc1)c1ccc(I)cc1. The van der Waals surface area contributed by atoms with Crippen LogP contribution in [0.3, 0.4) is 0 Å². The van der Waals surface area contributed by atoms with Crippen LogP contribution >= 0.6 is 45.2 Å². The molecule has 1 atom stereocenters. The van der Waals surface area contributed by atoms with E-state index in [0.29, 0.717) is 5.92 Å². The van der Waals surface area contributed by atoms with Crippen molar-refractivity contribution in [1.82, 2.24) is 0 Å². The Labute approximate surface area is 148 Å². The van der Waals surface area contributed by atoms with Gasteiger partial charge < -0.3 is 5.73 Å². The van der Waals surface area contributed by atoms with E-state index in [-0.39, 0.29) is 0 Å². The van der Waals surface area contributed by atoms with Crippen molar-refractivity contribution in [3.8, 4) is 0 Å². The first-order valence-corrected chi connectivity index (χ1v) is 9.05. The third-order valence-electron chi connectivity index (χ3n) is 3.49. The van der Waals surface area contributed by atoms with Gasteiger partial charge in [-0.15, -0.1) is 0 Å². The van der Waals surface area contributed by atoms with Crippen molar-refractivity contribution in [2.24, 2.45) is 5.73 Å². The fraction of sp³-hybridized carbons (Fsp3) is 0.294. The van der Waals surface area contributed by atoms with E-state index in [1.165, 1.54) is 18.3 Å². The van der Waals surface area contributed by atoms with Crippen LogP contribution < -0.4 is 5.73 Å². The molecule has 20 heavy (non-hydrogen) atoms. The van der Waals surface area contributed by atoms with E-state index >= 15 is 0 Å². The summed E-state index contributed by atoms with van der Waals surface area (Å²) in [5.41, 5.74) is 8.53. The predicted molar refractivity (Wildman–Crippen MR) is 103 cm³/mol. The molecule has 1 nitrogen and oxygen atoms in total. The van der Waals surface area contributed by atoms with Gasteiger partial charge in [-0.25, -0.2) is 0 Å². The number of halogens is 2. The molecule has 2 aromatic rings. The molecule has 0 aliphatic rings. The molecule has 1 unspecified atom stereocenters. The molecule has 2 rings (SSSR count). The number of hydrogen-bond acceptors (Lipinski definition) is 1. The van der Waals surface area contributed by atoms with Crippen molar-refractivity contribution >= 4 is 45.2 Å². The Bertz CT molecular complexity index is 520. The Hall–Kier alpha value is -0.140. The van der Waals surface area contributed by atoms with E-state index < -0.39 is 0 Å². The smallest absolute Gasteiger partial charge is 0.0130 e. The lowest BCUT2D eigenvalue weighted by molar-refractivity contribution is 0.593. The molecule has 0 fully saturated rings. The monoisotopic (exact) mass is 491 g/mol. The summed E-state index contributed by atoms with van der Waals surface area (Å²) in [6, 6.07) is 17.8. The maximum absolute atomic E-state index is 5.69. The molecule has 0 bridgehead atoms. The van der Waals surface area contributed by atoms with Crippen molar-refractivity contribution in [3.63, 3.8) is 0 Å². The highest BCUT2D eigenvalue weighted by Gasteiger charge is 2.12. The Kier molecular flexibility index (Phi) is 6.77. The van der Waals surface area contributed by atoms with Crippen molar-refractivity contribution < 1.29 is 0 Å². The largest absolute Gasteiger partial charge is 0.330 e. The summed E-state index contributed by atoms with van der Waals surface area (Å²) < 4.78 is 2.58. The average molecular weight is 491 g/mol. The van der Waals surface area contributed by atoms with Gasteiger partial charge in [0.2, 0.25) is 0 Å². The maximum Gasteiger partial charge on any atom is 0.0130 e. The van der Waals surface area contributed by atoms with Gasteiger partial charge in [0.15, 0.2) is 0 Å². The van der Waals surface area contributed by atoms with Crippen LogP contribution in [-0.4, -0.2) is 6.54 Å². The molecule has 2 aromatic carbocycles. The maximum atomic E-state index is 5.69. The first kappa shape index (κ1) is 16.2. The second-order valence-electron chi connectivity index (χ2n) is 5.01. The van der Waals surface area contributed by atoms with Gasteiger partial charge in [0, 0.05) is 7.14 Å². The second kappa shape index (κ2) is 8.34. The van der Waals surface area contributed by atoms with Crippen LogP contribution in [0.25, 0.3) is 0 Å². The van der Waals surface area contributed by atoms with Crippen LogP contribution in [0.5, 0.6) is 0 Å². The lowest BCUT2D eigenvalue weighted by Crippen LogP contribution is -2.07.